The maximum atomic E-state index is 11.4. The van der Waals surface area contributed by atoms with E-state index in [0.29, 0.717) is 17.9 Å². The highest BCUT2D eigenvalue weighted by Gasteiger charge is 2.29. The predicted molar refractivity (Wildman–Crippen MR) is 71.2 cm³/mol. The lowest BCUT2D eigenvalue weighted by atomic mass is 9.89. The van der Waals surface area contributed by atoms with Gasteiger partial charge in [0.1, 0.15) is 0 Å². The van der Waals surface area contributed by atoms with Gasteiger partial charge in [-0.1, -0.05) is 18.2 Å². The largest absolute Gasteiger partial charge is 0.478 e. The summed E-state index contributed by atoms with van der Waals surface area (Å²) in [6.07, 6.45) is 6.21. The Morgan fingerprint density at radius 1 is 1.21 bits per heavy atom. The van der Waals surface area contributed by atoms with Crippen LogP contribution in [0.2, 0.25) is 0 Å². The Morgan fingerprint density at radius 3 is 2.63 bits per heavy atom. The van der Waals surface area contributed by atoms with Gasteiger partial charge in [0, 0.05) is 12.3 Å². The monoisotopic (exact) mass is 254 g/mol. The van der Waals surface area contributed by atoms with Crippen molar-refractivity contribution in [1.82, 2.24) is 0 Å². The van der Waals surface area contributed by atoms with Crippen molar-refractivity contribution in [2.24, 2.45) is 0 Å². The molecule has 2 aliphatic carbocycles. The molecule has 2 aliphatic rings. The average Bonchev–Trinajstić information content (AvgIpc) is 2.81. The second kappa shape index (κ2) is 4.50. The molecule has 0 aromatic heterocycles. The molecule has 0 amide bonds. The fourth-order valence-corrected chi connectivity index (χ4v) is 2.92. The molecule has 0 heterocycles. The molecule has 0 saturated heterocycles. The minimum absolute atomic E-state index is 0.181. The molecule has 96 valence electrons. The Balaban J connectivity index is 1.90. The third kappa shape index (κ3) is 2.12. The SMILES string of the molecule is O=C1C=C2CCC(c3ccc(C(=O)O)cc3)C2=CC1. The highest BCUT2D eigenvalue weighted by atomic mass is 16.4. The molecule has 1 unspecified atom stereocenters. The van der Waals surface area contributed by atoms with E-state index in [9.17, 15) is 9.59 Å². The lowest BCUT2D eigenvalue weighted by molar-refractivity contribution is -0.114. The lowest BCUT2D eigenvalue weighted by Gasteiger charge is -2.15. The molecule has 1 atom stereocenters. The van der Waals surface area contributed by atoms with Crippen LogP contribution in [0.1, 0.15) is 41.1 Å². The van der Waals surface area contributed by atoms with Gasteiger partial charge in [-0.25, -0.2) is 4.79 Å². The summed E-state index contributed by atoms with van der Waals surface area (Å²) in [7, 11) is 0. The summed E-state index contributed by atoms with van der Waals surface area (Å²) in [6, 6.07) is 7.06. The van der Waals surface area contributed by atoms with Crippen LogP contribution in [0.5, 0.6) is 0 Å². The summed E-state index contributed by atoms with van der Waals surface area (Å²) in [5.74, 6) is -0.413. The second-order valence-electron chi connectivity index (χ2n) is 5.02. The van der Waals surface area contributed by atoms with Crippen molar-refractivity contribution in [3.8, 4) is 0 Å². The number of aromatic carboxylic acids is 1. The summed E-state index contributed by atoms with van der Waals surface area (Å²) in [6.45, 7) is 0. The highest BCUT2D eigenvalue weighted by Crippen LogP contribution is 2.44. The number of carboxylic acids is 1. The molecule has 0 spiro atoms. The lowest BCUT2D eigenvalue weighted by Crippen LogP contribution is -2.04. The molecular weight excluding hydrogens is 240 g/mol. The zero-order valence-electron chi connectivity index (χ0n) is 10.4. The first-order valence-corrected chi connectivity index (χ1v) is 6.42. The minimum Gasteiger partial charge on any atom is -0.478 e. The summed E-state index contributed by atoms with van der Waals surface area (Å²) in [5.41, 5.74) is 3.85. The van der Waals surface area contributed by atoms with E-state index in [4.69, 9.17) is 5.11 Å². The maximum absolute atomic E-state index is 11.4. The second-order valence-corrected chi connectivity index (χ2v) is 5.02. The molecule has 0 radical (unpaired) electrons. The van der Waals surface area contributed by atoms with E-state index >= 15 is 0 Å². The smallest absolute Gasteiger partial charge is 0.335 e. The summed E-state index contributed by atoms with van der Waals surface area (Å²) >= 11 is 0. The van der Waals surface area contributed by atoms with E-state index in [0.717, 1.165) is 24.0 Å². The highest BCUT2D eigenvalue weighted by molar-refractivity contribution is 5.94. The van der Waals surface area contributed by atoms with Gasteiger partial charge in [-0.2, -0.15) is 0 Å². The molecule has 0 bridgehead atoms. The fourth-order valence-electron chi connectivity index (χ4n) is 2.92. The Kier molecular flexibility index (Phi) is 2.82. The van der Waals surface area contributed by atoms with Gasteiger partial charge in [-0.3, -0.25) is 4.79 Å². The number of carbonyl (C=O) groups excluding carboxylic acids is 1. The normalized spacial score (nSPS) is 21.7. The molecule has 19 heavy (non-hydrogen) atoms. The van der Waals surface area contributed by atoms with Gasteiger partial charge in [0.05, 0.1) is 5.56 Å². The van der Waals surface area contributed by atoms with Gasteiger partial charge in [0.2, 0.25) is 0 Å². The zero-order valence-corrected chi connectivity index (χ0v) is 10.4. The number of carboxylic acid groups (broad SMARTS) is 1. The Bertz CT molecular complexity index is 605. The van der Waals surface area contributed by atoms with Crippen molar-refractivity contribution in [2.45, 2.75) is 25.2 Å². The van der Waals surface area contributed by atoms with Crippen LogP contribution in [0.3, 0.4) is 0 Å². The molecule has 0 aliphatic heterocycles. The van der Waals surface area contributed by atoms with Crippen LogP contribution in [-0.2, 0) is 4.79 Å². The molecule has 1 fully saturated rings. The molecule has 1 aromatic rings. The summed E-state index contributed by atoms with van der Waals surface area (Å²) in [5, 5.41) is 8.90. The third-order valence-electron chi connectivity index (χ3n) is 3.87. The number of hydrogen-bond acceptors (Lipinski definition) is 2. The van der Waals surface area contributed by atoms with Crippen molar-refractivity contribution < 1.29 is 14.7 Å². The number of benzene rings is 1. The molecule has 1 N–H and O–H groups in total. The van der Waals surface area contributed by atoms with E-state index in [2.05, 4.69) is 0 Å². The van der Waals surface area contributed by atoms with E-state index in [1.54, 1.807) is 18.2 Å². The van der Waals surface area contributed by atoms with E-state index in [-0.39, 0.29) is 5.78 Å². The van der Waals surface area contributed by atoms with Crippen LogP contribution in [0.25, 0.3) is 0 Å². The van der Waals surface area contributed by atoms with Crippen molar-refractivity contribution in [2.75, 3.05) is 0 Å². The standard InChI is InChI=1S/C16H14O3/c17-13-6-8-15-12(9-13)5-7-14(15)10-1-3-11(4-2-10)16(18)19/h1-4,8-9,14H,5-7H2,(H,18,19). The number of allylic oxidation sites excluding steroid dienone is 4. The molecule has 1 aromatic carbocycles. The number of carbonyl (C=O) groups is 2. The average molecular weight is 254 g/mol. The topological polar surface area (TPSA) is 54.4 Å². The summed E-state index contributed by atoms with van der Waals surface area (Å²) in [4.78, 5) is 22.2. The van der Waals surface area contributed by atoms with Gasteiger partial charge in [0.15, 0.2) is 5.78 Å². The van der Waals surface area contributed by atoms with Crippen LogP contribution in [0, 0.1) is 0 Å². The molecular formula is C16H14O3. The van der Waals surface area contributed by atoms with E-state index < -0.39 is 5.97 Å². The Morgan fingerprint density at radius 2 is 1.95 bits per heavy atom. The van der Waals surface area contributed by atoms with Crippen molar-refractivity contribution >= 4 is 11.8 Å². The van der Waals surface area contributed by atoms with Crippen LogP contribution >= 0.6 is 0 Å². The third-order valence-corrected chi connectivity index (χ3v) is 3.87. The van der Waals surface area contributed by atoms with Crippen LogP contribution in [0.4, 0.5) is 0 Å². The maximum Gasteiger partial charge on any atom is 0.335 e. The van der Waals surface area contributed by atoms with E-state index in [1.807, 2.05) is 18.2 Å². The first kappa shape index (κ1) is 11.9. The molecule has 3 nitrogen and oxygen atoms in total. The Labute approximate surface area is 111 Å². The van der Waals surface area contributed by atoms with Gasteiger partial charge >= 0.3 is 5.97 Å². The summed E-state index contributed by atoms with van der Waals surface area (Å²) < 4.78 is 0. The number of ketones is 1. The minimum atomic E-state index is -0.902. The molecule has 3 heteroatoms. The molecule has 3 rings (SSSR count). The van der Waals surface area contributed by atoms with Gasteiger partial charge in [-0.15, -0.1) is 0 Å². The number of rotatable bonds is 2. The zero-order chi connectivity index (χ0) is 13.4. The fraction of sp³-hybridized carbons (Fsp3) is 0.250. The van der Waals surface area contributed by atoms with Gasteiger partial charge in [-0.05, 0) is 47.8 Å². The van der Waals surface area contributed by atoms with Crippen LogP contribution < -0.4 is 0 Å². The van der Waals surface area contributed by atoms with Gasteiger partial charge < -0.3 is 5.11 Å². The Hall–Kier alpha value is -2.16. The van der Waals surface area contributed by atoms with Crippen molar-refractivity contribution in [1.29, 1.82) is 0 Å². The number of fused-ring (bicyclic) bond motifs is 1. The quantitative estimate of drug-likeness (QED) is 0.882. The first-order chi connectivity index (χ1) is 9.15. The molecule has 1 saturated carbocycles. The first-order valence-electron chi connectivity index (χ1n) is 6.42. The van der Waals surface area contributed by atoms with Gasteiger partial charge in [0.25, 0.3) is 0 Å². The predicted octanol–water partition coefficient (Wildman–Crippen LogP) is 3.09. The van der Waals surface area contributed by atoms with Crippen LogP contribution in [-0.4, -0.2) is 16.9 Å². The number of hydrogen-bond donors (Lipinski definition) is 1. The van der Waals surface area contributed by atoms with Crippen LogP contribution in [0.15, 0.2) is 47.6 Å². The van der Waals surface area contributed by atoms with E-state index in [1.165, 1.54) is 5.57 Å². The van der Waals surface area contributed by atoms with Crippen molar-refractivity contribution in [3.05, 3.63) is 58.7 Å². The van der Waals surface area contributed by atoms with Crippen molar-refractivity contribution in [3.63, 3.8) is 0 Å².